The fraction of sp³-hybridized carbons (Fsp3) is 0.450. The Labute approximate surface area is 163 Å². The van der Waals surface area contributed by atoms with E-state index in [0.29, 0.717) is 31.0 Å². The number of anilines is 1. The van der Waals surface area contributed by atoms with Crippen LogP contribution in [0.4, 0.5) is 10.2 Å². The van der Waals surface area contributed by atoms with E-state index in [1.165, 1.54) is 6.07 Å². The van der Waals surface area contributed by atoms with Crippen molar-refractivity contribution < 1.29 is 13.9 Å². The molecule has 0 aliphatic carbocycles. The molecule has 3 heterocycles. The molecule has 0 bridgehead atoms. The number of carbonyl (C=O) groups excluding carboxylic acids is 1. The van der Waals surface area contributed by atoms with Crippen LogP contribution in [-0.2, 0) is 6.54 Å². The number of nitrogens with zero attached hydrogens (tertiary/aromatic N) is 4. The van der Waals surface area contributed by atoms with Crippen molar-refractivity contribution >= 4 is 11.7 Å². The van der Waals surface area contributed by atoms with Gasteiger partial charge in [-0.05, 0) is 32.4 Å². The number of rotatable bonds is 2. The number of fused-ring (bicyclic) bond motifs is 1. The third-order valence-corrected chi connectivity index (χ3v) is 5.41. The first-order valence-electron chi connectivity index (χ1n) is 9.49. The zero-order valence-corrected chi connectivity index (χ0v) is 16.1. The third kappa shape index (κ3) is 3.40. The Morgan fingerprint density at radius 2 is 2.11 bits per heavy atom. The molecule has 2 aromatic rings. The van der Waals surface area contributed by atoms with Gasteiger partial charge in [-0.25, -0.2) is 14.4 Å². The first-order valence-corrected chi connectivity index (χ1v) is 9.49. The minimum absolute atomic E-state index is 0.107. The van der Waals surface area contributed by atoms with E-state index in [0.717, 1.165) is 30.0 Å². The number of hydrogen-bond acceptors (Lipinski definition) is 6. The van der Waals surface area contributed by atoms with E-state index in [1.54, 1.807) is 17.0 Å². The first kappa shape index (κ1) is 18.6. The van der Waals surface area contributed by atoms with E-state index >= 15 is 0 Å². The Bertz CT molecular complexity index is 920. The number of nitrogens with two attached hydrogens (primary N) is 1. The SMILES string of the molecule is Cc1nc(C(=O)N2CCOc3cccc(F)c3C2)nc(N2CC[C@@H](N)C2)c1C. The minimum Gasteiger partial charge on any atom is -0.491 e. The molecule has 1 atom stereocenters. The zero-order valence-electron chi connectivity index (χ0n) is 16.1. The summed E-state index contributed by atoms with van der Waals surface area (Å²) < 4.78 is 19.9. The van der Waals surface area contributed by atoms with Crippen molar-refractivity contribution in [3.05, 3.63) is 46.7 Å². The molecule has 1 aromatic carbocycles. The Hall–Kier alpha value is -2.74. The molecule has 1 aromatic heterocycles. The summed E-state index contributed by atoms with van der Waals surface area (Å²) in [6.45, 7) is 6.10. The van der Waals surface area contributed by atoms with Crippen molar-refractivity contribution in [3.63, 3.8) is 0 Å². The summed E-state index contributed by atoms with van der Waals surface area (Å²) in [5.41, 5.74) is 8.11. The van der Waals surface area contributed by atoms with Crippen LogP contribution >= 0.6 is 0 Å². The highest BCUT2D eigenvalue weighted by molar-refractivity contribution is 5.91. The summed E-state index contributed by atoms with van der Waals surface area (Å²) >= 11 is 0. The second-order valence-corrected chi connectivity index (χ2v) is 7.37. The van der Waals surface area contributed by atoms with Crippen LogP contribution in [0.2, 0.25) is 0 Å². The van der Waals surface area contributed by atoms with Crippen molar-refractivity contribution in [2.45, 2.75) is 32.9 Å². The molecular formula is C20H24FN5O2. The van der Waals surface area contributed by atoms with Gasteiger partial charge in [-0.15, -0.1) is 0 Å². The number of aryl methyl sites for hydroxylation is 1. The molecule has 28 heavy (non-hydrogen) atoms. The Morgan fingerprint density at radius 1 is 1.29 bits per heavy atom. The number of carbonyl (C=O) groups is 1. The van der Waals surface area contributed by atoms with Gasteiger partial charge in [0.15, 0.2) is 0 Å². The van der Waals surface area contributed by atoms with Gasteiger partial charge in [0.05, 0.1) is 13.1 Å². The summed E-state index contributed by atoms with van der Waals surface area (Å²) in [6, 6.07) is 4.80. The van der Waals surface area contributed by atoms with Gasteiger partial charge in [-0.3, -0.25) is 4.79 Å². The van der Waals surface area contributed by atoms with E-state index in [9.17, 15) is 9.18 Å². The lowest BCUT2D eigenvalue weighted by Crippen LogP contribution is -2.35. The van der Waals surface area contributed by atoms with E-state index in [1.807, 2.05) is 13.8 Å². The zero-order chi connectivity index (χ0) is 19.8. The molecule has 0 spiro atoms. The lowest BCUT2D eigenvalue weighted by molar-refractivity contribution is 0.0719. The topological polar surface area (TPSA) is 84.6 Å². The predicted molar refractivity (Wildman–Crippen MR) is 103 cm³/mol. The number of benzene rings is 1. The summed E-state index contributed by atoms with van der Waals surface area (Å²) in [5, 5.41) is 0. The van der Waals surface area contributed by atoms with Crippen LogP contribution in [0, 0.1) is 19.7 Å². The normalized spacial score (nSPS) is 19.2. The van der Waals surface area contributed by atoms with Gasteiger partial charge in [0, 0.05) is 36.0 Å². The molecule has 0 saturated carbocycles. The van der Waals surface area contributed by atoms with E-state index in [2.05, 4.69) is 14.9 Å². The maximum atomic E-state index is 14.2. The monoisotopic (exact) mass is 385 g/mol. The summed E-state index contributed by atoms with van der Waals surface area (Å²) in [4.78, 5) is 25.8. The largest absolute Gasteiger partial charge is 0.491 e. The smallest absolute Gasteiger partial charge is 0.292 e. The van der Waals surface area contributed by atoms with Crippen LogP contribution < -0.4 is 15.4 Å². The number of amides is 1. The quantitative estimate of drug-likeness (QED) is 0.849. The van der Waals surface area contributed by atoms with Crippen LogP contribution in [0.15, 0.2) is 18.2 Å². The maximum Gasteiger partial charge on any atom is 0.292 e. The fourth-order valence-corrected chi connectivity index (χ4v) is 3.67. The van der Waals surface area contributed by atoms with Crippen LogP contribution in [0.1, 0.15) is 33.9 Å². The van der Waals surface area contributed by atoms with Gasteiger partial charge in [0.25, 0.3) is 5.91 Å². The van der Waals surface area contributed by atoms with E-state index in [-0.39, 0.29) is 30.1 Å². The molecule has 2 aliphatic rings. The predicted octanol–water partition coefficient (Wildman–Crippen LogP) is 1.80. The van der Waals surface area contributed by atoms with Crippen LogP contribution in [0.5, 0.6) is 5.75 Å². The molecular weight excluding hydrogens is 361 g/mol. The maximum absolute atomic E-state index is 14.2. The molecule has 2 N–H and O–H groups in total. The van der Waals surface area contributed by atoms with Crippen LogP contribution in [0.25, 0.3) is 0 Å². The summed E-state index contributed by atoms with van der Waals surface area (Å²) in [5.74, 6) is 0.639. The Kier molecular flexibility index (Phi) is 4.89. The Balaban J connectivity index is 1.64. The fourth-order valence-electron chi connectivity index (χ4n) is 3.67. The van der Waals surface area contributed by atoms with Gasteiger partial charge < -0.3 is 20.3 Å². The highest BCUT2D eigenvalue weighted by atomic mass is 19.1. The Morgan fingerprint density at radius 3 is 2.86 bits per heavy atom. The number of halogens is 1. The second-order valence-electron chi connectivity index (χ2n) is 7.37. The molecule has 7 nitrogen and oxygen atoms in total. The molecule has 148 valence electrons. The van der Waals surface area contributed by atoms with Crippen molar-refractivity contribution in [1.82, 2.24) is 14.9 Å². The summed E-state index contributed by atoms with van der Waals surface area (Å²) in [7, 11) is 0. The lowest BCUT2D eigenvalue weighted by atomic mass is 10.1. The minimum atomic E-state index is -0.384. The lowest BCUT2D eigenvalue weighted by Gasteiger charge is -2.23. The van der Waals surface area contributed by atoms with Crippen molar-refractivity contribution in [1.29, 1.82) is 0 Å². The molecule has 1 saturated heterocycles. The number of hydrogen-bond donors (Lipinski definition) is 1. The highest BCUT2D eigenvalue weighted by Crippen LogP contribution is 2.27. The molecule has 0 unspecified atom stereocenters. The van der Waals surface area contributed by atoms with Crippen molar-refractivity contribution in [2.75, 3.05) is 31.1 Å². The van der Waals surface area contributed by atoms with Gasteiger partial charge in [-0.2, -0.15) is 0 Å². The summed E-state index contributed by atoms with van der Waals surface area (Å²) in [6.07, 6.45) is 0.894. The number of ether oxygens (including phenoxy) is 1. The molecule has 0 radical (unpaired) electrons. The van der Waals surface area contributed by atoms with Crippen LogP contribution in [-0.4, -0.2) is 53.1 Å². The van der Waals surface area contributed by atoms with Gasteiger partial charge >= 0.3 is 0 Å². The molecule has 8 heteroatoms. The van der Waals surface area contributed by atoms with E-state index < -0.39 is 0 Å². The molecule has 1 fully saturated rings. The van der Waals surface area contributed by atoms with Gasteiger partial charge in [0.1, 0.15) is 24.0 Å². The van der Waals surface area contributed by atoms with Crippen molar-refractivity contribution in [3.8, 4) is 5.75 Å². The second kappa shape index (κ2) is 7.35. The molecule has 2 aliphatic heterocycles. The molecule has 4 rings (SSSR count). The number of aromatic nitrogens is 2. The first-order chi connectivity index (χ1) is 13.4. The van der Waals surface area contributed by atoms with Gasteiger partial charge in [-0.1, -0.05) is 6.07 Å². The van der Waals surface area contributed by atoms with Crippen molar-refractivity contribution in [2.24, 2.45) is 5.73 Å². The average molecular weight is 385 g/mol. The van der Waals surface area contributed by atoms with Crippen LogP contribution in [0.3, 0.4) is 0 Å². The standard InChI is InChI=1S/C20H24FN5O2/c1-12-13(2)23-18(24-19(12)25-7-6-14(22)10-25)20(27)26-8-9-28-17-5-3-4-16(21)15(17)11-26/h3-5,14H,6-11,22H2,1-2H3/t14-/m1/s1. The average Bonchev–Trinajstić information content (AvgIpc) is 2.97. The third-order valence-electron chi connectivity index (χ3n) is 5.41. The highest BCUT2D eigenvalue weighted by Gasteiger charge is 2.28. The molecule has 1 amide bonds. The van der Waals surface area contributed by atoms with Gasteiger partial charge in [0.2, 0.25) is 5.82 Å². The van der Waals surface area contributed by atoms with E-state index in [4.69, 9.17) is 10.5 Å².